The van der Waals surface area contributed by atoms with E-state index in [4.69, 9.17) is 0 Å². The molecule has 0 saturated heterocycles. The van der Waals surface area contributed by atoms with Gasteiger partial charge in [-0.05, 0) is 0 Å². The quantitative estimate of drug-likeness (QED) is 0.532. The molecule has 0 rings (SSSR count). The van der Waals surface area contributed by atoms with E-state index in [1.165, 1.54) is 0 Å². The van der Waals surface area contributed by atoms with E-state index in [0.29, 0.717) is 0 Å². The third kappa shape index (κ3) is 5.24. The van der Waals surface area contributed by atoms with Crippen molar-refractivity contribution in [3.63, 3.8) is 0 Å². The molecule has 0 aromatic carbocycles. The van der Waals surface area contributed by atoms with Crippen LogP contribution in [0.3, 0.4) is 0 Å². The normalized spacial score (nSPS) is 11.4. The van der Waals surface area contributed by atoms with E-state index in [2.05, 4.69) is 39.3 Å². The molecule has 0 saturated carbocycles. The van der Waals surface area contributed by atoms with Gasteiger partial charge in [0.1, 0.15) is 0 Å². The van der Waals surface area contributed by atoms with Gasteiger partial charge in [-0.1, -0.05) is 54.1 Å². The summed E-state index contributed by atoms with van der Waals surface area (Å²) in [6.45, 7) is 14.8. The molecule has 0 aliphatic rings. The van der Waals surface area contributed by atoms with Crippen LogP contribution in [-0.4, -0.2) is 15.2 Å². The maximum Gasteiger partial charge on any atom is 0.0379 e. The Morgan fingerprint density at radius 1 is 0.500 bits per heavy atom. The summed E-state index contributed by atoms with van der Waals surface area (Å²) in [6.07, 6.45) is 0. The van der Waals surface area contributed by atoms with Crippen LogP contribution in [0, 0.1) is 0 Å². The van der Waals surface area contributed by atoms with Gasteiger partial charge in [0.05, 0.1) is 0 Å². The molecule has 0 aromatic rings. The highest BCUT2D eigenvalue weighted by Crippen LogP contribution is 2.16. The largest absolute Gasteiger partial charge is 0.0776 e. The molecule has 2 heteroatoms. The molecule has 0 aliphatic carbocycles. The molecule has 0 radical (unpaired) electrons. The highest BCUT2D eigenvalue weighted by molar-refractivity contribution is 7.39. The molecule has 0 spiro atoms. The fraction of sp³-hybridized carbons (Fsp3) is 1.00. The second-order valence-corrected chi connectivity index (χ2v) is 22.5. The van der Waals surface area contributed by atoms with Crippen molar-refractivity contribution in [2.45, 2.75) is 54.1 Å². The molecular weight excluding hydrogens is 152 g/mol. The van der Waals surface area contributed by atoms with Crippen LogP contribution in [0.5, 0.6) is 0 Å². The first-order valence-electron chi connectivity index (χ1n) is 3.25. The summed E-state index contributed by atoms with van der Waals surface area (Å²) in [6, 6.07) is 0. The summed E-state index contributed by atoms with van der Waals surface area (Å²) in [4.78, 5) is 0. The molecule has 0 aromatic heterocycles. The van der Waals surface area contributed by atoms with Crippen LogP contribution in [-0.2, 0) is 0 Å². The van der Waals surface area contributed by atoms with E-state index in [-0.39, 0.29) is 14.9 Å². The molecule has 66 valence electrons. The van der Waals surface area contributed by atoms with Gasteiger partial charge in [0, 0.05) is 15.2 Å². The van der Waals surface area contributed by atoms with E-state index in [0.717, 1.165) is 0 Å². The van der Waals surface area contributed by atoms with Crippen molar-refractivity contribution in [1.82, 2.24) is 0 Å². The van der Waals surface area contributed by atoms with Crippen LogP contribution < -0.4 is 0 Å². The third-order valence-corrected chi connectivity index (χ3v) is 20.2. The lowest BCUT2D eigenvalue weighted by molar-refractivity contribution is 1.71. The first kappa shape index (κ1) is 16.8. The zero-order valence-corrected chi connectivity index (χ0v) is 9.00. The Kier molecular flexibility index (Phi) is 7.29. The summed E-state index contributed by atoms with van der Waals surface area (Å²) in [5.74, 6) is 0. The van der Waals surface area contributed by atoms with E-state index in [1.807, 2.05) is 0 Å². The minimum atomic E-state index is -0.720. The summed E-state index contributed by atoms with van der Waals surface area (Å²) in [7, 11) is -1.44. The minimum absolute atomic E-state index is 0. The molecule has 0 unspecified atom stereocenters. The molecular formula is C8H26Si2. The van der Waals surface area contributed by atoms with Gasteiger partial charge in [-0.2, -0.15) is 0 Å². The smallest absolute Gasteiger partial charge is 0.0379 e. The molecule has 0 heterocycles. The molecule has 0 amide bonds. The van der Waals surface area contributed by atoms with Crippen molar-refractivity contribution >= 4 is 15.2 Å². The van der Waals surface area contributed by atoms with Crippen molar-refractivity contribution in [2.24, 2.45) is 0 Å². The number of rotatable bonds is 1. The molecule has 0 bridgehead atoms. The SMILES string of the molecule is C.C.C[Si](C)(C)[Si](C)(C)C. The fourth-order valence-electron chi connectivity index (χ4n) is 0. The zero-order chi connectivity index (χ0) is 7.00. The van der Waals surface area contributed by atoms with Gasteiger partial charge in [0.25, 0.3) is 0 Å². The van der Waals surface area contributed by atoms with Crippen LogP contribution in [0.4, 0.5) is 0 Å². The lowest BCUT2D eigenvalue weighted by Crippen LogP contribution is -2.49. The Balaban J connectivity index is -0.000000245. The average molecular weight is 178 g/mol. The highest BCUT2D eigenvalue weighted by Gasteiger charge is 2.31. The van der Waals surface area contributed by atoms with Crippen molar-refractivity contribution in [2.75, 3.05) is 0 Å². The third-order valence-electron chi connectivity index (χ3n) is 2.25. The first-order valence-corrected chi connectivity index (χ1v) is 11.2. The summed E-state index contributed by atoms with van der Waals surface area (Å²) in [5.41, 5.74) is 0. The Morgan fingerprint density at radius 2 is 0.600 bits per heavy atom. The van der Waals surface area contributed by atoms with Crippen molar-refractivity contribution in [3.8, 4) is 0 Å². The van der Waals surface area contributed by atoms with Crippen LogP contribution in [0.2, 0.25) is 39.3 Å². The van der Waals surface area contributed by atoms with E-state index in [1.54, 1.807) is 0 Å². The Morgan fingerprint density at radius 3 is 0.600 bits per heavy atom. The molecule has 0 atom stereocenters. The van der Waals surface area contributed by atoms with Crippen molar-refractivity contribution < 1.29 is 0 Å². The van der Waals surface area contributed by atoms with E-state index < -0.39 is 15.2 Å². The number of hydrogen-bond donors (Lipinski definition) is 0. The minimum Gasteiger partial charge on any atom is -0.0776 e. The van der Waals surface area contributed by atoms with Crippen LogP contribution >= 0.6 is 0 Å². The molecule has 0 nitrogen and oxygen atoms in total. The second kappa shape index (κ2) is 4.34. The molecule has 10 heavy (non-hydrogen) atoms. The van der Waals surface area contributed by atoms with Gasteiger partial charge < -0.3 is 0 Å². The van der Waals surface area contributed by atoms with Gasteiger partial charge in [-0.15, -0.1) is 0 Å². The van der Waals surface area contributed by atoms with Crippen molar-refractivity contribution in [1.29, 1.82) is 0 Å². The predicted molar refractivity (Wildman–Crippen MR) is 60.2 cm³/mol. The maximum atomic E-state index is 2.47. The zero-order valence-electron chi connectivity index (χ0n) is 7.00. The average Bonchev–Trinajstić information content (AvgIpc) is 1.25. The summed E-state index contributed by atoms with van der Waals surface area (Å²) in [5, 5.41) is 0. The van der Waals surface area contributed by atoms with Crippen LogP contribution in [0.15, 0.2) is 0 Å². The monoisotopic (exact) mass is 178 g/mol. The second-order valence-electron chi connectivity index (χ2n) is 4.50. The van der Waals surface area contributed by atoms with Gasteiger partial charge in [-0.3, -0.25) is 0 Å². The maximum absolute atomic E-state index is 2.47. The Hall–Kier alpha value is 0.434. The highest BCUT2D eigenvalue weighted by atomic mass is 29.3. The standard InChI is InChI=1S/C6H18Si2.2CH4/c1-7(2,3)8(4,5)6;;/h1-6H3;2*1H4. The fourth-order valence-corrected chi connectivity index (χ4v) is 0. The Bertz CT molecular complexity index is 62.2. The lowest BCUT2D eigenvalue weighted by atomic mass is 11.8. The predicted octanol–water partition coefficient (Wildman–Crippen LogP) is 4.01. The van der Waals surface area contributed by atoms with Gasteiger partial charge >= 0.3 is 0 Å². The number of hydrogen-bond acceptors (Lipinski definition) is 0. The molecule has 0 aliphatic heterocycles. The lowest BCUT2D eigenvalue weighted by Gasteiger charge is -2.30. The summed E-state index contributed by atoms with van der Waals surface area (Å²) >= 11 is 0. The van der Waals surface area contributed by atoms with Crippen LogP contribution in [0.1, 0.15) is 14.9 Å². The van der Waals surface area contributed by atoms with E-state index in [9.17, 15) is 0 Å². The molecule has 0 N–H and O–H groups in total. The van der Waals surface area contributed by atoms with Gasteiger partial charge in [0.2, 0.25) is 0 Å². The van der Waals surface area contributed by atoms with Gasteiger partial charge in [0.15, 0.2) is 0 Å². The van der Waals surface area contributed by atoms with E-state index >= 15 is 0 Å². The van der Waals surface area contributed by atoms with Crippen molar-refractivity contribution in [3.05, 3.63) is 0 Å². The van der Waals surface area contributed by atoms with Gasteiger partial charge in [-0.25, -0.2) is 0 Å². The Labute approximate surface area is 69.9 Å². The summed E-state index contributed by atoms with van der Waals surface area (Å²) < 4.78 is 0. The topological polar surface area (TPSA) is 0 Å². The first-order chi connectivity index (χ1) is 3.25. The van der Waals surface area contributed by atoms with Crippen LogP contribution in [0.25, 0.3) is 0 Å². The molecule has 0 fully saturated rings.